The van der Waals surface area contributed by atoms with Gasteiger partial charge < -0.3 is 18.3 Å². The molecule has 4 aromatic carbocycles. The van der Waals surface area contributed by atoms with Gasteiger partial charge in [-0.05, 0) is 126 Å². The Hall–Kier alpha value is -5.56. The first kappa shape index (κ1) is 80.0. The quantitative estimate of drug-likeness (QED) is 0.0349. The maximum Gasteiger partial charge on any atom is 0.168 e. The summed E-state index contributed by atoms with van der Waals surface area (Å²) in [5, 5.41) is 3.40. The van der Waals surface area contributed by atoms with Crippen molar-refractivity contribution in [3.8, 4) is 85.5 Å². The third-order valence-electron chi connectivity index (χ3n) is 21.7. The fraction of sp³-hybridized carbons (Fsp3) is 0.500. The van der Waals surface area contributed by atoms with E-state index in [9.17, 15) is 0 Å². The molecule has 8 aromatic heterocycles. The zero-order valence-electron chi connectivity index (χ0n) is 63.9. The second-order valence-electron chi connectivity index (χ2n) is 29.5. The van der Waals surface area contributed by atoms with Crippen molar-refractivity contribution >= 4 is 136 Å². The van der Waals surface area contributed by atoms with Crippen molar-refractivity contribution in [2.75, 3.05) is 13.2 Å². The highest BCUT2D eigenvalue weighted by molar-refractivity contribution is 7.19. The van der Waals surface area contributed by atoms with Gasteiger partial charge in [-0.3, -0.25) is 0 Å². The Balaban J connectivity index is 0.904. The van der Waals surface area contributed by atoms with Crippen LogP contribution in [0.1, 0.15) is 254 Å². The number of hydrogen-bond donors (Lipinski definition) is 0. The minimum atomic E-state index is -0.910. The molecule has 0 aliphatic heterocycles. The number of rotatable bonds is 43. The first-order valence-corrected chi connectivity index (χ1v) is 45.2. The Morgan fingerprint density at radius 3 is 1.29 bits per heavy atom. The summed E-state index contributed by atoms with van der Waals surface area (Å²) in [6, 6.07) is 19.7. The largest absolute Gasteiger partial charge is 0.493 e. The van der Waals surface area contributed by atoms with Crippen molar-refractivity contribution in [3.63, 3.8) is 0 Å². The molecule has 2 unspecified atom stereocenters. The van der Waals surface area contributed by atoms with Crippen LogP contribution in [0, 0.1) is 51.2 Å². The maximum absolute atomic E-state index is 17.2. The van der Waals surface area contributed by atoms with Gasteiger partial charge in [0.15, 0.2) is 11.6 Å². The fourth-order valence-corrected chi connectivity index (χ4v) is 22.1. The van der Waals surface area contributed by atoms with Crippen LogP contribution in [0.3, 0.4) is 0 Å². The molecule has 8 nitrogen and oxygen atoms in total. The number of aryl methyl sites for hydroxylation is 2. The van der Waals surface area contributed by atoms with Crippen LogP contribution in [0.25, 0.3) is 118 Å². The van der Waals surface area contributed by atoms with Crippen LogP contribution in [0.2, 0.25) is 10.0 Å². The van der Waals surface area contributed by atoms with Crippen LogP contribution in [0.15, 0.2) is 69.5 Å². The molecule has 0 saturated heterocycles. The summed E-state index contributed by atoms with van der Waals surface area (Å²) in [5.41, 5.74) is 11.9. The van der Waals surface area contributed by atoms with Crippen molar-refractivity contribution in [1.29, 1.82) is 0 Å². The van der Waals surface area contributed by atoms with Crippen LogP contribution in [-0.2, 0) is 12.8 Å². The second-order valence-corrected chi connectivity index (χ2v) is 35.8. The van der Waals surface area contributed by atoms with E-state index in [2.05, 4.69) is 86.6 Å². The van der Waals surface area contributed by atoms with E-state index < -0.39 is 11.6 Å². The van der Waals surface area contributed by atoms with E-state index in [-0.39, 0.29) is 11.1 Å². The predicted molar refractivity (Wildman–Crippen MR) is 455 cm³/mol. The van der Waals surface area contributed by atoms with E-state index in [1.807, 2.05) is 31.2 Å². The van der Waals surface area contributed by atoms with Gasteiger partial charge in [0, 0.05) is 94.3 Å². The van der Waals surface area contributed by atoms with Gasteiger partial charge in [0.05, 0.1) is 57.8 Å². The summed E-state index contributed by atoms with van der Waals surface area (Å²) in [6.07, 6.45) is 35.5. The lowest BCUT2D eigenvalue weighted by Crippen LogP contribution is -2.02. The van der Waals surface area contributed by atoms with Gasteiger partial charge >= 0.3 is 0 Å². The van der Waals surface area contributed by atoms with Gasteiger partial charge in [0.2, 0.25) is 0 Å². The van der Waals surface area contributed by atoms with Gasteiger partial charge in [-0.1, -0.05) is 232 Å². The lowest BCUT2D eigenvalue weighted by atomic mass is 9.95. The number of nitrogens with zero attached hydrogens (tertiary/aromatic N) is 4. The standard InChI is InChI=1S/C88H106Cl2F2N4O4S6/c1-11-17-21-23-25-27-29-31-33-35-45-97-85-55(9)75(83-81(56(85)10)93-105-95-83)68-43-41-66(101-68)59-39-40-60(80(92)79(59)91)67-42-44-69(102-67)78-84-82(94-106-96-84)74(54(8)86(78)98-46-36-34-32-30-28-26-24-22-18-12-2)65-50-62-77(73-52-64(90)71(104-73)49-58(16-6)38-20-14-4)87-61(47-53(7)99-87)76(88(62)100-65)72-51-63(89)70(103-72)48-57(15-5)37-19-13-3/h39-44,47,50-52,57-58H,11-38,45-46,48-49H2,1-10H3. The van der Waals surface area contributed by atoms with Crippen LogP contribution in [0.4, 0.5) is 8.78 Å². The number of thiophene rings is 4. The molecule has 12 aromatic rings. The van der Waals surface area contributed by atoms with E-state index in [0.717, 1.165) is 214 Å². The zero-order valence-corrected chi connectivity index (χ0v) is 70.3. The van der Waals surface area contributed by atoms with E-state index >= 15 is 8.78 Å². The minimum Gasteiger partial charge on any atom is -0.493 e. The number of aromatic nitrogens is 4. The highest BCUT2D eigenvalue weighted by atomic mass is 35.5. The number of halogens is 4. The minimum absolute atomic E-state index is 0.174. The number of fused-ring (bicyclic) bond motifs is 4. The van der Waals surface area contributed by atoms with E-state index in [4.69, 9.17) is 59.0 Å². The van der Waals surface area contributed by atoms with Crippen molar-refractivity contribution < 1.29 is 27.1 Å². The molecule has 18 heteroatoms. The number of ether oxygens (including phenoxy) is 2. The van der Waals surface area contributed by atoms with Crippen LogP contribution >= 0.6 is 92.0 Å². The monoisotopic (exact) mass is 1580 g/mol. The Bertz CT molecular complexity index is 4770. The fourth-order valence-electron chi connectivity index (χ4n) is 15.6. The Labute approximate surface area is 662 Å². The Morgan fingerprint density at radius 1 is 0.396 bits per heavy atom. The summed E-state index contributed by atoms with van der Waals surface area (Å²) >= 11 is 23.4. The van der Waals surface area contributed by atoms with Crippen LogP contribution < -0.4 is 9.47 Å². The van der Waals surface area contributed by atoms with E-state index in [0.29, 0.717) is 57.3 Å². The maximum atomic E-state index is 17.2. The molecule has 2 atom stereocenters. The highest BCUT2D eigenvalue weighted by Gasteiger charge is 2.33. The molecule has 0 saturated carbocycles. The van der Waals surface area contributed by atoms with Crippen molar-refractivity contribution in [3.05, 3.63) is 115 Å². The van der Waals surface area contributed by atoms with Crippen LogP contribution in [-0.4, -0.2) is 30.7 Å². The summed E-state index contributed by atoms with van der Waals surface area (Å²) < 4.78 is 82.3. The zero-order chi connectivity index (χ0) is 74.4. The lowest BCUT2D eigenvalue weighted by molar-refractivity contribution is 0.301. The lowest BCUT2D eigenvalue weighted by Gasteiger charge is -2.17. The summed E-state index contributed by atoms with van der Waals surface area (Å²) in [7, 11) is 0. The molecule has 0 fully saturated rings. The first-order valence-electron chi connectivity index (χ1n) is 39.8. The summed E-state index contributed by atoms with van der Waals surface area (Å²) in [5.74, 6) is 2.14. The number of unbranched alkanes of at least 4 members (excludes halogenated alkanes) is 20. The molecule has 0 amide bonds. The molecule has 8 heterocycles. The molecule has 0 aliphatic rings. The van der Waals surface area contributed by atoms with Gasteiger partial charge in [-0.15, -0.1) is 45.3 Å². The average molecular weight is 1590 g/mol. The molecule has 12 rings (SSSR count). The van der Waals surface area contributed by atoms with Crippen molar-refractivity contribution in [2.24, 2.45) is 11.8 Å². The molecule has 566 valence electrons. The normalized spacial score (nSPS) is 12.6. The van der Waals surface area contributed by atoms with Gasteiger partial charge in [0.25, 0.3) is 0 Å². The van der Waals surface area contributed by atoms with E-state index in [1.54, 1.807) is 34.8 Å². The molecule has 106 heavy (non-hydrogen) atoms. The predicted octanol–water partition coefficient (Wildman–Crippen LogP) is 32.0. The smallest absolute Gasteiger partial charge is 0.168 e. The Kier molecular flexibility index (Phi) is 29.0. The molecular formula is C88H106Cl2F2N4O4S6. The van der Waals surface area contributed by atoms with Gasteiger partial charge in [-0.2, -0.15) is 17.5 Å². The third kappa shape index (κ3) is 18.1. The summed E-state index contributed by atoms with van der Waals surface area (Å²) in [4.78, 5) is 7.28. The third-order valence-corrected chi connectivity index (χ3v) is 28.3. The van der Waals surface area contributed by atoms with Gasteiger partial charge in [0.1, 0.15) is 56.3 Å². The Morgan fingerprint density at radius 2 is 0.802 bits per heavy atom. The SMILES string of the molecule is CCCCCCCCCCCCOc1c(C)c(-c2ccc(-c3ccc(-c4ccc(-c5c(OCCCCCCCCCCCC)c(C)c(-c6cc7c(-c8cc(Cl)c(CC(CC)CCCC)s8)c8oc(C)cc8c(-c8cc(Cl)c(CC(CC)CCCC)s8)c7o6)c6nsnc56)s4)c(F)c3F)s2)c2nsnc2c1C. The van der Waals surface area contributed by atoms with Gasteiger partial charge in [-0.25, -0.2) is 8.78 Å². The van der Waals surface area contributed by atoms with E-state index in [1.165, 1.54) is 153 Å². The first-order chi connectivity index (χ1) is 51.7. The molecule has 0 bridgehead atoms. The molecule has 0 radical (unpaired) electrons. The molecular weight excluding hydrogens is 1480 g/mol. The topological polar surface area (TPSA) is 96.3 Å². The number of hydrogen-bond acceptors (Lipinski definition) is 14. The van der Waals surface area contributed by atoms with Crippen LogP contribution in [0.5, 0.6) is 11.5 Å². The molecule has 0 aliphatic carbocycles. The van der Waals surface area contributed by atoms with Crippen molar-refractivity contribution in [2.45, 2.75) is 262 Å². The molecule has 0 N–H and O–H groups in total. The average Bonchev–Trinajstić information content (AvgIpc) is 1.55. The van der Waals surface area contributed by atoms with Crippen molar-refractivity contribution in [1.82, 2.24) is 17.5 Å². The highest BCUT2D eigenvalue weighted by Crippen LogP contribution is 2.55. The summed E-state index contributed by atoms with van der Waals surface area (Å²) in [6.45, 7) is 23.0. The second kappa shape index (κ2) is 38.4. The molecule has 0 spiro atoms. The number of furan rings is 2. The number of benzene rings is 4.